The number of anilines is 1. The second-order valence-electron chi connectivity index (χ2n) is 2.66. The van der Waals surface area contributed by atoms with E-state index in [-0.39, 0.29) is 11.4 Å². The topological polar surface area (TPSA) is 102 Å². The van der Waals surface area contributed by atoms with Crippen molar-refractivity contribution < 1.29 is 18.8 Å². The van der Waals surface area contributed by atoms with Crippen LogP contribution in [0.25, 0.3) is 0 Å². The van der Waals surface area contributed by atoms with Gasteiger partial charge < -0.3 is 21.0 Å². The lowest BCUT2D eigenvalue weighted by Crippen LogP contribution is -2.05. The maximum atomic E-state index is 12.4. The zero-order chi connectivity index (χ0) is 11.6. The first-order valence-electron chi connectivity index (χ1n) is 3.80. The van der Waals surface area contributed by atoms with Gasteiger partial charge in [-0.2, -0.15) is 0 Å². The van der Waals surface area contributed by atoms with Crippen molar-refractivity contribution in [1.29, 1.82) is 0 Å². The lowest BCUT2D eigenvalue weighted by molar-refractivity contribution is -0.390. The molecular weight excluding hydrogens is 212 g/mol. The molecule has 0 aromatic carbocycles. The maximum absolute atomic E-state index is 12.4. The van der Waals surface area contributed by atoms with E-state index in [1.54, 1.807) is 0 Å². The van der Waals surface area contributed by atoms with Gasteiger partial charge in [-0.05, 0) is 16.0 Å². The molecule has 0 aliphatic carbocycles. The number of hydrogen-bond acceptors (Lipinski definition) is 5. The third-order valence-electron chi connectivity index (χ3n) is 1.72. The lowest BCUT2D eigenvalue weighted by Gasteiger charge is -2.04. The van der Waals surface area contributed by atoms with E-state index in [0.717, 1.165) is 6.07 Å². The summed E-state index contributed by atoms with van der Waals surface area (Å²) in [6.45, 7) is -0.601. The lowest BCUT2D eigenvalue weighted by atomic mass is 10.2. The molecule has 0 spiro atoms. The smallest absolute Gasteiger partial charge is 0.374 e. The maximum Gasteiger partial charge on any atom is 0.374 e. The van der Waals surface area contributed by atoms with Gasteiger partial charge in [0.05, 0.1) is 6.61 Å². The molecule has 0 amide bonds. The summed E-state index contributed by atoms with van der Waals surface area (Å²) >= 11 is 0. The molecule has 3 N–H and O–H groups in total. The van der Waals surface area contributed by atoms with E-state index in [4.69, 9.17) is 10.8 Å². The van der Waals surface area contributed by atoms with Crippen molar-refractivity contribution in [2.45, 2.75) is 13.0 Å². The van der Waals surface area contributed by atoms with Gasteiger partial charge in [-0.1, -0.05) is 0 Å². The summed E-state index contributed by atoms with van der Waals surface area (Å²) in [7, 11) is 0. The van der Waals surface area contributed by atoms with Gasteiger partial charge in [0.2, 0.25) is 5.82 Å². The van der Waals surface area contributed by atoms with Crippen LogP contribution in [0.3, 0.4) is 0 Å². The quantitative estimate of drug-likeness (QED) is 0.583. The molecule has 15 heavy (non-hydrogen) atoms. The standard InChI is InChI=1S/C7H7F2N3O3/c8-5(9)4-1-3(2-13)6(10)11-7(4)12(14)15/h1,5,13H,2H2,(H2,10,11). The van der Waals surface area contributed by atoms with Gasteiger partial charge in [-0.3, -0.25) is 0 Å². The van der Waals surface area contributed by atoms with E-state index in [9.17, 15) is 18.9 Å². The van der Waals surface area contributed by atoms with Gasteiger partial charge in [0.15, 0.2) is 0 Å². The monoisotopic (exact) mass is 219 g/mol. The molecule has 0 aliphatic rings. The van der Waals surface area contributed by atoms with E-state index < -0.39 is 29.3 Å². The fourth-order valence-corrected chi connectivity index (χ4v) is 1.01. The van der Waals surface area contributed by atoms with Crippen LogP contribution in [-0.4, -0.2) is 15.0 Å². The van der Waals surface area contributed by atoms with Gasteiger partial charge in [0.25, 0.3) is 6.43 Å². The number of nitro groups is 1. The average Bonchev–Trinajstić information content (AvgIpc) is 2.16. The highest BCUT2D eigenvalue weighted by atomic mass is 19.3. The fraction of sp³-hybridized carbons (Fsp3) is 0.286. The van der Waals surface area contributed by atoms with Crippen LogP contribution in [0, 0.1) is 10.1 Å². The first-order valence-corrected chi connectivity index (χ1v) is 3.80. The van der Waals surface area contributed by atoms with Crippen molar-refractivity contribution in [3.05, 3.63) is 27.3 Å². The van der Waals surface area contributed by atoms with E-state index in [0.29, 0.717) is 0 Å². The fourth-order valence-electron chi connectivity index (χ4n) is 1.01. The number of nitrogens with zero attached hydrogens (tertiary/aromatic N) is 2. The molecular formula is C7H7F2N3O3. The predicted molar refractivity (Wildman–Crippen MR) is 46.2 cm³/mol. The van der Waals surface area contributed by atoms with Crippen LogP contribution < -0.4 is 5.73 Å². The number of aliphatic hydroxyl groups is 1. The third kappa shape index (κ3) is 2.15. The van der Waals surface area contributed by atoms with Crippen molar-refractivity contribution in [2.75, 3.05) is 5.73 Å². The molecule has 1 heterocycles. The Bertz CT molecular complexity index is 397. The normalized spacial score (nSPS) is 10.7. The van der Waals surface area contributed by atoms with Crippen LogP contribution in [0.1, 0.15) is 17.6 Å². The Kier molecular flexibility index (Phi) is 3.10. The second-order valence-corrected chi connectivity index (χ2v) is 2.66. The van der Waals surface area contributed by atoms with Crippen LogP contribution in [0.2, 0.25) is 0 Å². The number of nitrogens with two attached hydrogens (primary N) is 1. The minimum Gasteiger partial charge on any atom is -0.391 e. The van der Waals surface area contributed by atoms with E-state index in [1.807, 2.05) is 0 Å². The van der Waals surface area contributed by atoms with Crippen molar-refractivity contribution >= 4 is 11.6 Å². The number of aromatic nitrogens is 1. The number of pyridine rings is 1. The average molecular weight is 219 g/mol. The number of rotatable bonds is 3. The Balaban J connectivity index is 3.38. The summed E-state index contributed by atoms with van der Waals surface area (Å²) < 4.78 is 24.7. The molecule has 0 aliphatic heterocycles. The van der Waals surface area contributed by atoms with Crippen molar-refractivity contribution in [2.24, 2.45) is 0 Å². The summed E-state index contributed by atoms with van der Waals surface area (Å²) in [6, 6.07) is 0.783. The third-order valence-corrected chi connectivity index (χ3v) is 1.72. The Labute approximate surface area is 82.5 Å². The summed E-state index contributed by atoms with van der Waals surface area (Å²) in [5.74, 6) is -1.31. The van der Waals surface area contributed by atoms with Crippen LogP contribution >= 0.6 is 0 Å². The molecule has 0 atom stereocenters. The molecule has 0 fully saturated rings. The Hall–Kier alpha value is -1.83. The van der Waals surface area contributed by atoms with E-state index in [2.05, 4.69) is 4.98 Å². The van der Waals surface area contributed by atoms with E-state index in [1.165, 1.54) is 0 Å². The highest BCUT2D eigenvalue weighted by molar-refractivity contribution is 5.48. The molecule has 82 valence electrons. The van der Waals surface area contributed by atoms with Crippen LogP contribution in [0.5, 0.6) is 0 Å². The zero-order valence-corrected chi connectivity index (χ0v) is 7.35. The van der Waals surface area contributed by atoms with Gasteiger partial charge >= 0.3 is 5.82 Å². The van der Waals surface area contributed by atoms with Crippen molar-refractivity contribution in [3.63, 3.8) is 0 Å². The SMILES string of the molecule is Nc1nc([N+](=O)[O-])c(C(F)F)cc1CO. The van der Waals surface area contributed by atoms with Crippen LogP contribution in [-0.2, 0) is 6.61 Å². The summed E-state index contributed by atoms with van der Waals surface area (Å²) in [5, 5.41) is 19.1. The van der Waals surface area contributed by atoms with Gasteiger partial charge in [-0.15, -0.1) is 0 Å². The first-order chi connectivity index (χ1) is 6.97. The zero-order valence-electron chi connectivity index (χ0n) is 7.35. The molecule has 1 aromatic heterocycles. The van der Waals surface area contributed by atoms with Crippen molar-refractivity contribution in [1.82, 2.24) is 4.98 Å². The van der Waals surface area contributed by atoms with Gasteiger partial charge in [-0.25, -0.2) is 8.78 Å². The summed E-state index contributed by atoms with van der Waals surface area (Å²) in [6.07, 6.45) is -3.04. The number of aliphatic hydroxyl groups excluding tert-OH is 1. The minimum atomic E-state index is -3.04. The van der Waals surface area contributed by atoms with E-state index >= 15 is 0 Å². The second kappa shape index (κ2) is 4.13. The molecule has 0 saturated heterocycles. The number of halogens is 2. The largest absolute Gasteiger partial charge is 0.391 e. The summed E-state index contributed by atoms with van der Waals surface area (Å²) in [5.41, 5.74) is 4.31. The predicted octanol–water partition coefficient (Wildman–Crippen LogP) is 1.00. The summed E-state index contributed by atoms with van der Waals surface area (Å²) in [4.78, 5) is 12.5. The van der Waals surface area contributed by atoms with Crippen LogP contribution in [0.4, 0.5) is 20.4 Å². The Morgan fingerprint density at radius 3 is 2.67 bits per heavy atom. The molecule has 0 unspecified atom stereocenters. The van der Waals surface area contributed by atoms with Gasteiger partial charge in [0.1, 0.15) is 5.56 Å². The van der Waals surface area contributed by atoms with Crippen LogP contribution in [0.15, 0.2) is 6.07 Å². The number of alkyl halides is 2. The number of nitrogen functional groups attached to an aromatic ring is 1. The van der Waals surface area contributed by atoms with Crippen molar-refractivity contribution in [3.8, 4) is 0 Å². The first kappa shape index (κ1) is 11.2. The molecule has 1 aromatic rings. The molecule has 1 rings (SSSR count). The number of hydrogen-bond donors (Lipinski definition) is 2. The van der Waals surface area contributed by atoms with Gasteiger partial charge in [0, 0.05) is 5.56 Å². The minimum absolute atomic E-state index is 0.0594. The molecule has 8 heteroatoms. The molecule has 0 radical (unpaired) electrons. The molecule has 0 bridgehead atoms. The highest BCUT2D eigenvalue weighted by Crippen LogP contribution is 2.29. The molecule has 0 saturated carbocycles. The Morgan fingerprint density at radius 2 is 2.27 bits per heavy atom. The highest BCUT2D eigenvalue weighted by Gasteiger charge is 2.25. The Morgan fingerprint density at radius 1 is 1.67 bits per heavy atom. The molecule has 6 nitrogen and oxygen atoms in total.